The van der Waals surface area contributed by atoms with Gasteiger partial charge in [-0.2, -0.15) is 0 Å². The van der Waals surface area contributed by atoms with E-state index >= 15 is 0 Å². The maximum atomic E-state index is 13.7. The molecule has 0 radical (unpaired) electrons. The predicted octanol–water partition coefficient (Wildman–Crippen LogP) is 4.13. The second-order valence-electron chi connectivity index (χ2n) is 20.3. The van der Waals surface area contributed by atoms with Crippen molar-refractivity contribution in [3.8, 4) is 0 Å². The first-order valence-corrected chi connectivity index (χ1v) is 22.7. The number of rotatable bonds is 26. The second-order valence-corrected chi connectivity index (χ2v) is 20.3. The zero-order valence-electron chi connectivity index (χ0n) is 41.2. The van der Waals surface area contributed by atoms with Crippen LogP contribution in [0.4, 0.5) is 0 Å². The molecule has 0 aliphatic carbocycles. The van der Waals surface area contributed by atoms with Gasteiger partial charge >= 0.3 is 29.8 Å². The van der Waals surface area contributed by atoms with E-state index in [4.69, 9.17) is 28.4 Å². The highest BCUT2D eigenvalue weighted by Crippen LogP contribution is 2.33. The lowest BCUT2D eigenvalue weighted by Crippen LogP contribution is -2.63. The summed E-state index contributed by atoms with van der Waals surface area (Å²) in [6, 6.07) is 6.35. The van der Waals surface area contributed by atoms with E-state index in [0.29, 0.717) is 30.4 Å². The van der Waals surface area contributed by atoms with Crippen LogP contribution in [-0.2, 0) is 52.4 Å². The monoisotopic (exact) mass is 965 g/mol. The maximum Gasteiger partial charge on any atom is 0.330 e. The largest absolute Gasteiger partial charge is 0.462 e. The van der Waals surface area contributed by atoms with E-state index in [2.05, 4.69) is 75.3 Å². The molecule has 2 heterocycles. The molecule has 2 atom stereocenters. The van der Waals surface area contributed by atoms with Gasteiger partial charge in [0, 0.05) is 75.7 Å². The molecule has 0 spiro atoms. The molecule has 380 valence electrons. The van der Waals surface area contributed by atoms with Gasteiger partial charge in [0.15, 0.2) is 0 Å². The Balaban J connectivity index is 1.74. The topological polar surface area (TPSA) is 243 Å². The number of nitrogens with one attached hydrogen (secondary N) is 4. The van der Waals surface area contributed by atoms with E-state index in [1.54, 1.807) is 30.3 Å². The molecular formula is C51H72N4O14. The SMILES string of the molecule is C=CC(=O)OCC(CO)(COCC(COC(=O)C=C)(COC(=O)C=C)COC(=O)/C=C/CC1(C)CC(NC(=O)c2cccc(C(=O)NC3CC(C)(C)NC(C)(C)C3)c2)CC(C)(C)N1)COC(=O)C=C. The summed E-state index contributed by atoms with van der Waals surface area (Å²) in [5.41, 5.74) is -3.69. The summed E-state index contributed by atoms with van der Waals surface area (Å²) in [6.07, 6.45) is 9.40. The van der Waals surface area contributed by atoms with E-state index in [1.165, 1.54) is 6.08 Å². The Bertz CT molecular complexity index is 2030. The molecule has 18 heteroatoms. The third-order valence-electron chi connectivity index (χ3n) is 11.6. The lowest BCUT2D eigenvalue weighted by molar-refractivity contribution is -0.167. The number of ether oxygens (including phenoxy) is 6. The molecule has 2 aliphatic heterocycles. The van der Waals surface area contributed by atoms with Crippen LogP contribution in [0.5, 0.6) is 0 Å². The third kappa shape index (κ3) is 19.2. The minimum absolute atomic E-state index is 0.0407. The number of benzene rings is 1. The normalized spacial score (nSPS) is 19.7. The first-order valence-electron chi connectivity index (χ1n) is 22.7. The van der Waals surface area contributed by atoms with Gasteiger partial charge in [-0.25, -0.2) is 24.0 Å². The molecule has 69 heavy (non-hydrogen) atoms. The van der Waals surface area contributed by atoms with Crippen molar-refractivity contribution < 1.29 is 67.1 Å². The van der Waals surface area contributed by atoms with E-state index in [0.717, 1.165) is 37.1 Å². The van der Waals surface area contributed by atoms with Crippen LogP contribution in [0.15, 0.2) is 87.0 Å². The summed E-state index contributed by atoms with van der Waals surface area (Å²) >= 11 is 0. The van der Waals surface area contributed by atoms with Gasteiger partial charge in [-0.05, 0) is 98.8 Å². The predicted molar refractivity (Wildman–Crippen MR) is 256 cm³/mol. The highest BCUT2D eigenvalue weighted by molar-refractivity contribution is 6.00. The molecular weight excluding hydrogens is 893 g/mol. The molecule has 1 aromatic carbocycles. The highest BCUT2D eigenvalue weighted by atomic mass is 16.6. The summed E-state index contributed by atoms with van der Waals surface area (Å²) in [6.45, 7) is 23.9. The van der Waals surface area contributed by atoms with E-state index in [-0.39, 0.29) is 35.0 Å². The Labute approximate surface area is 405 Å². The number of hydrogen-bond donors (Lipinski definition) is 5. The van der Waals surface area contributed by atoms with Crippen molar-refractivity contribution in [3.63, 3.8) is 0 Å². The molecule has 2 amide bonds. The smallest absolute Gasteiger partial charge is 0.330 e. The fourth-order valence-electron chi connectivity index (χ4n) is 8.97. The highest BCUT2D eigenvalue weighted by Gasteiger charge is 2.42. The minimum atomic E-state index is -1.56. The summed E-state index contributed by atoms with van der Waals surface area (Å²) in [5, 5.41) is 24.0. The van der Waals surface area contributed by atoms with Crippen LogP contribution in [-0.4, -0.2) is 134 Å². The summed E-state index contributed by atoms with van der Waals surface area (Å²) in [4.78, 5) is 88.9. The molecule has 0 bridgehead atoms. The Morgan fingerprint density at radius 3 is 1.39 bits per heavy atom. The average molecular weight is 965 g/mol. The number of amides is 2. The number of aliphatic hydroxyl groups excluding tert-OH is 1. The fraction of sp³-hybridized carbons (Fsp3) is 0.549. The van der Waals surface area contributed by atoms with Crippen molar-refractivity contribution in [1.82, 2.24) is 21.3 Å². The minimum Gasteiger partial charge on any atom is -0.462 e. The molecule has 18 nitrogen and oxygen atoms in total. The number of carbonyl (C=O) groups is 7. The van der Waals surface area contributed by atoms with Gasteiger partial charge in [0.05, 0.1) is 30.7 Å². The van der Waals surface area contributed by atoms with Crippen molar-refractivity contribution in [3.05, 3.63) is 98.2 Å². The molecule has 2 fully saturated rings. The quantitative estimate of drug-likeness (QED) is 0.0498. The average Bonchev–Trinajstić information content (AvgIpc) is 3.27. The molecule has 1 aromatic rings. The van der Waals surface area contributed by atoms with Crippen molar-refractivity contribution in [2.75, 3.05) is 52.9 Å². The number of piperidine rings is 2. The number of esters is 5. The van der Waals surface area contributed by atoms with Gasteiger partial charge in [-0.15, -0.1) is 0 Å². The summed E-state index contributed by atoms with van der Waals surface area (Å²) < 4.78 is 32.6. The first kappa shape index (κ1) is 57.4. The Hall–Kier alpha value is -5.95. The van der Waals surface area contributed by atoms with Crippen LogP contribution in [0.2, 0.25) is 0 Å². The summed E-state index contributed by atoms with van der Waals surface area (Å²) in [7, 11) is 0. The van der Waals surface area contributed by atoms with Crippen LogP contribution >= 0.6 is 0 Å². The van der Waals surface area contributed by atoms with Crippen molar-refractivity contribution in [2.24, 2.45) is 10.8 Å². The van der Waals surface area contributed by atoms with Crippen molar-refractivity contribution in [1.29, 1.82) is 0 Å². The van der Waals surface area contributed by atoms with Crippen LogP contribution in [0.25, 0.3) is 0 Å². The van der Waals surface area contributed by atoms with Crippen LogP contribution < -0.4 is 21.3 Å². The van der Waals surface area contributed by atoms with Gasteiger partial charge in [0.1, 0.15) is 33.0 Å². The van der Waals surface area contributed by atoms with E-state index in [1.807, 2.05) is 20.8 Å². The number of aliphatic hydroxyl groups is 1. The molecule has 2 aliphatic rings. The Morgan fingerprint density at radius 1 is 0.594 bits per heavy atom. The van der Waals surface area contributed by atoms with Crippen molar-refractivity contribution >= 4 is 41.7 Å². The lowest BCUT2D eigenvalue weighted by atomic mass is 9.77. The zero-order chi connectivity index (χ0) is 51.7. The molecule has 2 unspecified atom stereocenters. The zero-order valence-corrected chi connectivity index (χ0v) is 41.2. The molecule has 0 aromatic heterocycles. The molecule has 5 N–H and O–H groups in total. The molecule has 3 rings (SSSR count). The number of hydrogen-bond acceptors (Lipinski definition) is 16. The van der Waals surface area contributed by atoms with Crippen LogP contribution in [0, 0.1) is 10.8 Å². The standard InChI is InChI=1S/C51H72N4O14/c1-12-39(57)65-30-50(27-56,31-66-40(58)13-2)28-64-29-51(32-67-41(59)14-3,33-68-42(60)15-4)34-69-43(61)20-17-21-49(11)26-38(25-48(9,10)55-49)53-45(63)36-19-16-18-35(22-36)44(62)52-37-23-46(5,6)54-47(7,8)24-37/h12-20,22,37-38,54-56H,1-4,21,23-34H2,5-11H3,(H,52,62)(H,53,63)/b20-17+. The second kappa shape index (κ2) is 25.1. The fourth-order valence-corrected chi connectivity index (χ4v) is 8.97. The van der Waals surface area contributed by atoms with Gasteiger partial charge in [-0.3, -0.25) is 9.59 Å². The number of carbonyl (C=O) groups excluding carboxylic acids is 7. The maximum absolute atomic E-state index is 13.7. The van der Waals surface area contributed by atoms with Gasteiger partial charge < -0.3 is 54.8 Å². The van der Waals surface area contributed by atoms with E-state index in [9.17, 15) is 38.7 Å². The van der Waals surface area contributed by atoms with Crippen molar-refractivity contribution in [2.45, 2.75) is 115 Å². The Morgan fingerprint density at radius 2 is 0.971 bits per heavy atom. The van der Waals surface area contributed by atoms with E-state index < -0.39 is 105 Å². The first-order chi connectivity index (χ1) is 32.2. The van der Waals surface area contributed by atoms with Crippen LogP contribution in [0.1, 0.15) is 101 Å². The van der Waals surface area contributed by atoms with Gasteiger partial charge in [0.25, 0.3) is 11.8 Å². The van der Waals surface area contributed by atoms with Gasteiger partial charge in [-0.1, -0.05) is 38.5 Å². The van der Waals surface area contributed by atoms with Crippen LogP contribution in [0.3, 0.4) is 0 Å². The Kier molecular flexibility index (Phi) is 20.8. The molecule has 2 saturated heterocycles. The van der Waals surface area contributed by atoms with Gasteiger partial charge in [0.2, 0.25) is 0 Å². The molecule has 0 saturated carbocycles. The summed E-state index contributed by atoms with van der Waals surface area (Å²) in [5.74, 6) is -4.71. The lowest BCUT2D eigenvalue weighted by Gasteiger charge is -2.48. The third-order valence-corrected chi connectivity index (χ3v) is 11.6.